The molecule has 118 valence electrons. The van der Waals surface area contributed by atoms with Crippen molar-refractivity contribution in [1.82, 2.24) is 5.32 Å². The molecule has 5 heteroatoms. The summed E-state index contributed by atoms with van der Waals surface area (Å²) < 4.78 is 18.1. The van der Waals surface area contributed by atoms with E-state index in [1.54, 1.807) is 0 Å². The van der Waals surface area contributed by atoms with Crippen LogP contribution < -0.4 is 5.32 Å². The molecule has 3 saturated heterocycles. The van der Waals surface area contributed by atoms with E-state index in [9.17, 15) is 4.79 Å². The van der Waals surface area contributed by atoms with E-state index in [0.717, 1.165) is 25.8 Å². The van der Waals surface area contributed by atoms with Crippen molar-refractivity contribution in [1.29, 1.82) is 0 Å². The molecule has 3 aliphatic heterocycles. The molecule has 1 aliphatic carbocycles. The van der Waals surface area contributed by atoms with Crippen LogP contribution in [-0.4, -0.2) is 42.2 Å². The van der Waals surface area contributed by atoms with Crippen LogP contribution in [0.1, 0.15) is 52.4 Å². The lowest BCUT2D eigenvalue weighted by molar-refractivity contribution is -0.164. The lowest BCUT2D eigenvalue weighted by Gasteiger charge is -2.47. The number of esters is 1. The molecule has 4 aliphatic rings. The van der Waals surface area contributed by atoms with E-state index in [4.69, 9.17) is 14.2 Å². The first-order chi connectivity index (χ1) is 10.0. The number of ether oxygens (including phenoxy) is 3. The van der Waals surface area contributed by atoms with Crippen molar-refractivity contribution < 1.29 is 19.0 Å². The van der Waals surface area contributed by atoms with Gasteiger partial charge in [-0.25, -0.2) is 0 Å². The Morgan fingerprint density at radius 2 is 2.05 bits per heavy atom. The standard InChI is InChI=1S/C16H25NO4/c1-15(2)19-11-6-7-16(12-5-3-4-8-17-12)10(14(11)21-15)9-13(18)20-16/h10-12,14,17H,3-9H2,1-2H3/t10-,11+,12?,14-,16+/m1/s1. The van der Waals surface area contributed by atoms with Gasteiger partial charge < -0.3 is 19.5 Å². The Bertz CT molecular complexity index is 446. The molecule has 1 saturated carbocycles. The maximum absolute atomic E-state index is 12.1. The molecule has 21 heavy (non-hydrogen) atoms. The van der Waals surface area contributed by atoms with E-state index in [2.05, 4.69) is 5.32 Å². The van der Waals surface area contributed by atoms with Crippen LogP contribution in [0.4, 0.5) is 0 Å². The Balaban J connectivity index is 1.65. The number of fused-ring (bicyclic) bond motifs is 3. The summed E-state index contributed by atoms with van der Waals surface area (Å²) in [4.78, 5) is 12.1. The van der Waals surface area contributed by atoms with Gasteiger partial charge in [-0.1, -0.05) is 6.42 Å². The van der Waals surface area contributed by atoms with Crippen molar-refractivity contribution in [3.8, 4) is 0 Å². The fourth-order valence-corrected chi connectivity index (χ4v) is 4.88. The zero-order valence-corrected chi connectivity index (χ0v) is 12.9. The second kappa shape index (κ2) is 4.67. The molecule has 0 aromatic carbocycles. The van der Waals surface area contributed by atoms with Gasteiger partial charge in [0.05, 0.1) is 18.6 Å². The molecule has 3 heterocycles. The van der Waals surface area contributed by atoms with Gasteiger partial charge in [-0.2, -0.15) is 0 Å². The Kier molecular flexibility index (Phi) is 3.11. The van der Waals surface area contributed by atoms with E-state index in [0.29, 0.717) is 6.42 Å². The third-order valence-electron chi connectivity index (χ3n) is 5.66. The van der Waals surface area contributed by atoms with Crippen molar-refractivity contribution in [3.05, 3.63) is 0 Å². The average Bonchev–Trinajstić information content (AvgIpc) is 2.95. The zero-order chi connectivity index (χ0) is 14.7. The molecule has 4 rings (SSSR count). The van der Waals surface area contributed by atoms with E-state index in [1.807, 2.05) is 13.8 Å². The molecule has 0 radical (unpaired) electrons. The minimum Gasteiger partial charge on any atom is -0.457 e. The van der Waals surface area contributed by atoms with Crippen LogP contribution >= 0.6 is 0 Å². The van der Waals surface area contributed by atoms with E-state index in [-0.39, 0.29) is 35.7 Å². The quantitative estimate of drug-likeness (QED) is 0.747. The average molecular weight is 295 g/mol. The molecule has 1 unspecified atom stereocenters. The number of carbonyl (C=O) groups excluding carboxylic acids is 1. The highest BCUT2D eigenvalue weighted by molar-refractivity contribution is 5.73. The van der Waals surface area contributed by atoms with E-state index in [1.165, 1.54) is 12.8 Å². The monoisotopic (exact) mass is 295 g/mol. The first-order valence-corrected chi connectivity index (χ1v) is 8.31. The Hall–Kier alpha value is -0.650. The summed E-state index contributed by atoms with van der Waals surface area (Å²) in [6, 6.07) is 0.274. The van der Waals surface area contributed by atoms with Gasteiger partial charge in [0.1, 0.15) is 5.60 Å². The largest absolute Gasteiger partial charge is 0.457 e. The normalized spacial score (nSPS) is 48.6. The molecule has 1 N–H and O–H groups in total. The van der Waals surface area contributed by atoms with Crippen LogP contribution in [0.3, 0.4) is 0 Å². The smallest absolute Gasteiger partial charge is 0.306 e. The Labute approximate surface area is 125 Å². The Morgan fingerprint density at radius 3 is 2.81 bits per heavy atom. The zero-order valence-electron chi connectivity index (χ0n) is 12.9. The molecule has 0 spiro atoms. The van der Waals surface area contributed by atoms with Crippen LogP contribution in [0.15, 0.2) is 0 Å². The van der Waals surface area contributed by atoms with Gasteiger partial charge in [-0.3, -0.25) is 4.79 Å². The Morgan fingerprint density at radius 1 is 1.19 bits per heavy atom. The van der Waals surface area contributed by atoms with E-state index >= 15 is 0 Å². The summed E-state index contributed by atoms with van der Waals surface area (Å²) in [7, 11) is 0. The third kappa shape index (κ3) is 2.13. The van der Waals surface area contributed by atoms with Crippen molar-refractivity contribution >= 4 is 5.97 Å². The van der Waals surface area contributed by atoms with Crippen molar-refractivity contribution in [2.24, 2.45) is 5.92 Å². The first-order valence-electron chi connectivity index (χ1n) is 8.31. The summed E-state index contributed by atoms with van der Waals surface area (Å²) >= 11 is 0. The van der Waals surface area contributed by atoms with Crippen LogP contribution in [-0.2, 0) is 19.0 Å². The minimum absolute atomic E-state index is 0.0103. The third-order valence-corrected chi connectivity index (χ3v) is 5.66. The van der Waals surface area contributed by atoms with Crippen molar-refractivity contribution in [2.45, 2.75) is 82.0 Å². The van der Waals surface area contributed by atoms with Gasteiger partial charge in [-0.15, -0.1) is 0 Å². The van der Waals surface area contributed by atoms with Crippen LogP contribution in [0.5, 0.6) is 0 Å². The fraction of sp³-hybridized carbons (Fsp3) is 0.938. The lowest BCUT2D eigenvalue weighted by atomic mass is 9.67. The summed E-state index contributed by atoms with van der Waals surface area (Å²) in [5.41, 5.74) is -0.373. The topological polar surface area (TPSA) is 56.8 Å². The molecule has 5 nitrogen and oxygen atoms in total. The minimum atomic E-state index is -0.545. The molecule has 4 fully saturated rings. The summed E-state index contributed by atoms with van der Waals surface area (Å²) in [6.45, 7) is 4.95. The highest BCUT2D eigenvalue weighted by Crippen LogP contribution is 2.52. The van der Waals surface area contributed by atoms with Gasteiger partial charge in [0.25, 0.3) is 0 Å². The van der Waals surface area contributed by atoms with Crippen molar-refractivity contribution in [2.75, 3.05) is 6.54 Å². The van der Waals surface area contributed by atoms with Crippen LogP contribution in [0, 0.1) is 5.92 Å². The number of hydrogen-bond donors (Lipinski definition) is 1. The summed E-state index contributed by atoms with van der Waals surface area (Å²) in [5, 5.41) is 3.60. The summed E-state index contributed by atoms with van der Waals surface area (Å²) in [5.74, 6) is -0.487. The van der Waals surface area contributed by atoms with Crippen LogP contribution in [0.25, 0.3) is 0 Å². The van der Waals surface area contributed by atoms with Gasteiger partial charge in [-0.05, 0) is 46.1 Å². The molecular weight excluding hydrogens is 270 g/mol. The lowest BCUT2D eigenvalue weighted by Crippen LogP contribution is -2.61. The molecule has 5 atom stereocenters. The van der Waals surface area contributed by atoms with Crippen molar-refractivity contribution in [3.63, 3.8) is 0 Å². The van der Waals surface area contributed by atoms with Gasteiger partial charge in [0.2, 0.25) is 0 Å². The van der Waals surface area contributed by atoms with Gasteiger partial charge >= 0.3 is 5.97 Å². The maximum atomic E-state index is 12.1. The molecule has 0 bridgehead atoms. The van der Waals surface area contributed by atoms with Gasteiger partial charge in [0.15, 0.2) is 5.79 Å². The number of hydrogen-bond acceptors (Lipinski definition) is 5. The number of piperidine rings is 1. The summed E-state index contributed by atoms with van der Waals surface area (Å²) in [6.07, 6.45) is 5.88. The SMILES string of the molecule is CC1(C)O[C@H]2[C@H](CC[C@]3(C4CCCCN4)OC(=O)C[C@H]23)O1. The predicted octanol–water partition coefficient (Wildman–Crippen LogP) is 1.74. The highest BCUT2D eigenvalue weighted by atomic mass is 16.8. The fourth-order valence-electron chi connectivity index (χ4n) is 4.88. The molecule has 0 aromatic heterocycles. The second-order valence-electron chi connectivity index (χ2n) is 7.42. The molecular formula is C16H25NO4. The maximum Gasteiger partial charge on any atom is 0.306 e. The predicted molar refractivity (Wildman–Crippen MR) is 75.6 cm³/mol. The number of carbonyl (C=O) groups is 1. The van der Waals surface area contributed by atoms with Gasteiger partial charge in [0, 0.05) is 12.0 Å². The second-order valence-corrected chi connectivity index (χ2v) is 7.42. The molecule has 0 aromatic rings. The molecule has 0 amide bonds. The number of rotatable bonds is 1. The highest BCUT2D eigenvalue weighted by Gasteiger charge is 2.64. The van der Waals surface area contributed by atoms with E-state index < -0.39 is 5.79 Å². The first kappa shape index (κ1) is 14.0. The van der Waals surface area contributed by atoms with Crippen LogP contribution in [0.2, 0.25) is 0 Å². The number of nitrogens with one attached hydrogen (secondary N) is 1.